The van der Waals surface area contributed by atoms with Gasteiger partial charge >= 0.3 is 0 Å². The van der Waals surface area contributed by atoms with Crippen molar-refractivity contribution in [2.75, 3.05) is 45.7 Å². The average molecular weight is 279 g/mol. The molecule has 104 valence electrons. The predicted molar refractivity (Wildman–Crippen MR) is 82.2 cm³/mol. The Bertz CT molecular complexity index is 524. The first kappa shape index (κ1) is 14.2. The van der Waals surface area contributed by atoms with Gasteiger partial charge in [0.15, 0.2) is 5.13 Å². The van der Waals surface area contributed by atoms with Crippen LogP contribution in [0.2, 0.25) is 0 Å². The normalized spacial score (nSPS) is 11.4. The summed E-state index contributed by atoms with van der Waals surface area (Å²) in [5.41, 5.74) is 2.33. The molecule has 0 amide bonds. The van der Waals surface area contributed by atoms with Gasteiger partial charge in [-0.25, -0.2) is 4.98 Å². The van der Waals surface area contributed by atoms with E-state index in [-0.39, 0.29) is 0 Å². The third-order valence-corrected chi connectivity index (χ3v) is 3.80. The van der Waals surface area contributed by atoms with E-state index >= 15 is 0 Å². The average Bonchev–Trinajstić information content (AvgIpc) is 2.78. The molecule has 2 rings (SSSR count). The Morgan fingerprint density at radius 1 is 1.32 bits per heavy atom. The molecule has 0 aliphatic carbocycles. The van der Waals surface area contributed by atoms with Gasteiger partial charge in [-0.3, -0.25) is 0 Å². The van der Waals surface area contributed by atoms with Gasteiger partial charge in [0.2, 0.25) is 0 Å². The topological polar surface area (TPSA) is 37.4 Å². The van der Waals surface area contributed by atoms with Gasteiger partial charge in [-0.1, -0.05) is 23.5 Å². The molecule has 0 bridgehead atoms. The minimum absolute atomic E-state index is 0.711. The maximum atomic E-state index is 5.54. The van der Waals surface area contributed by atoms with Crippen molar-refractivity contribution in [3.05, 3.63) is 23.8 Å². The molecule has 0 unspecified atom stereocenters. The molecule has 2 aromatic rings. The minimum Gasteiger partial charge on any atom is -0.378 e. The molecule has 1 aromatic carbocycles. The SMILES string of the molecule is Cc1cccc2sc(NCCOCCN(C)C)nc12. The van der Waals surface area contributed by atoms with E-state index in [9.17, 15) is 0 Å². The summed E-state index contributed by atoms with van der Waals surface area (Å²) in [5, 5.41) is 4.29. The number of hydrogen-bond donors (Lipinski definition) is 1. The Hall–Kier alpha value is -1.17. The van der Waals surface area contributed by atoms with Crippen molar-refractivity contribution in [2.24, 2.45) is 0 Å². The van der Waals surface area contributed by atoms with E-state index in [1.54, 1.807) is 11.3 Å². The summed E-state index contributed by atoms with van der Waals surface area (Å²) < 4.78 is 6.77. The van der Waals surface area contributed by atoms with Gasteiger partial charge in [-0.05, 0) is 32.6 Å². The lowest BCUT2D eigenvalue weighted by Crippen LogP contribution is -2.19. The number of aryl methyl sites for hydroxylation is 1. The first-order chi connectivity index (χ1) is 9.16. The van der Waals surface area contributed by atoms with Crippen molar-refractivity contribution in [3.63, 3.8) is 0 Å². The molecular weight excluding hydrogens is 258 g/mol. The van der Waals surface area contributed by atoms with E-state index < -0.39 is 0 Å². The third kappa shape index (κ3) is 4.16. The number of fused-ring (bicyclic) bond motifs is 1. The van der Waals surface area contributed by atoms with Crippen LogP contribution in [-0.4, -0.2) is 50.3 Å². The van der Waals surface area contributed by atoms with E-state index in [0.717, 1.165) is 30.3 Å². The maximum Gasteiger partial charge on any atom is 0.183 e. The predicted octanol–water partition coefficient (Wildman–Crippen LogP) is 2.59. The molecule has 0 aliphatic heterocycles. The van der Waals surface area contributed by atoms with Crippen LogP contribution in [0.5, 0.6) is 0 Å². The maximum absolute atomic E-state index is 5.54. The first-order valence-corrected chi connectivity index (χ1v) is 7.31. The number of hydrogen-bond acceptors (Lipinski definition) is 5. The van der Waals surface area contributed by atoms with Crippen molar-refractivity contribution < 1.29 is 4.74 Å². The largest absolute Gasteiger partial charge is 0.378 e. The van der Waals surface area contributed by atoms with E-state index in [0.29, 0.717) is 6.61 Å². The molecule has 19 heavy (non-hydrogen) atoms. The van der Waals surface area contributed by atoms with Crippen LogP contribution in [0.3, 0.4) is 0 Å². The molecule has 0 atom stereocenters. The monoisotopic (exact) mass is 279 g/mol. The number of ether oxygens (including phenoxy) is 1. The second kappa shape index (κ2) is 6.84. The Morgan fingerprint density at radius 3 is 2.89 bits per heavy atom. The number of rotatable bonds is 7. The zero-order valence-electron chi connectivity index (χ0n) is 11.8. The highest BCUT2D eigenvalue weighted by atomic mass is 32.1. The Morgan fingerprint density at radius 2 is 2.16 bits per heavy atom. The lowest BCUT2D eigenvalue weighted by molar-refractivity contribution is 0.126. The fraction of sp³-hybridized carbons (Fsp3) is 0.500. The molecular formula is C14H21N3OS. The molecule has 0 saturated carbocycles. The van der Waals surface area contributed by atoms with Crippen molar-refractivity contribution >= 4 is 26.7 Å². The van der Waals surface area contributed by atoms with Crippen LogP contribution in [0.15, 0.2) is 18.2 Å². The molecule has 1 heterocycles. The first-order valence-electron chi connectivity index (χ1n) is 6.49. The Labute approximate surface area is 118 Å². The van der Waals surface area contributed by atoms with Crippen LogP contribution >= 0.6 is 11.3 Å². The van der Waals surface area contributed by atoms with Gasteiger partial charge in [0.1, 0.15) is 0 Å². The number of benzene rings is 1. The number of nitrogens with one attached hydrogen (secondary N) is 1. The molecule has 1 aromatic heterocycles. The van der Waals surface area contributed by atoms with Crippen LogP contribution in [0, 0.1) is 6.92 Å². The number of likely N-dealkylation sites (N-methyl/N-ethyl adjacent to an activating group) is 1. The Balaban J connectivity index is 1.77. The van der Waals surface area contributed by atoms with Gasteiger partial charge in [0.05, 0.1) is 23.4 Å². The molecule has 1 N–H and O–H groups in total. The van der Waals surface area contributed by atoms with Crippen molar-refractivity contribution in [1.29, 1.82) is 0 Å². The summed E-state index contributed by atoms with van der Waals surface area (Å²) in [5.74, 6) is 0. The second-order valence-corrected chi connectivity index (χ2v) is 5.81. The number of nitrogens with zero attached hydrogens (tertiary/aromatic N) is 2. The number of aromatic nitrogens is 1. The molecule has 0 aliphatic rings. The highest BCUT2D eigenvalue weighted by molar-refractivity contribution is 7.22. The van der Waals surface area contributed by atoms with Gasteiger partial charge in [0, 0.05) is 13.1 Å². The number of para-hydroxylation sites is 1. The molecule has 0 spiro atoms. The summed E-state index contributed by atoms with van der Waals surface area (Å²) in [7, 11) is 4.09. The number of thiazole rings is 1. The molecule has 4 nitrogen and oxygen atoms in total. The minimum atomic E-state index is 0.711. The van der Waals surface area contributed by atoms with Crippen LogP contribution < -0.4 is 5.32 Å². The van der Waals surface area contributed by atoms with E-state index in [2.05, 4.69) is 40.3 Å². The summed E-state index contributed by atoms with van der Waals surface area (Å²) in [6, 6.07) is 6.28. The molecule has 5 heteroatoms. The summed E-state index contributed by atoms with van der Waals surface area (Å²) >= 11 is 1.69. The lowest BCUT2D eigenvalue weighted by Gasteiger charge is -2.09. The van der Waals surface area contributed by atoms with Crippen LogP contribution in [-0.2, 0) is 4.74 Å². The number of anilines is 1. The van der Waals surface area contributed by atoms with Crippen molar-refractivity contribution in [3.8, 4) is 0 Å². The van der Waals surface area contributed by atoms with Crippen LogP contribution in [0.1, 0.15) is 5.56 Å². The van der Waals surface area contributed by atoms with E-state index in [4.69, 9.17) is 4.74 Å². The zero-order chi connectivity index (χ0) is 13.7. The molecule has 0 saturated heterocycles. The third-order valence-electron chi connectivity index (χ3n) is 2.83. The lowest BCUT2D eigenvalue weighted by atomic mass is 10.2. The smallest absolute Gasteiger partial charge is 0.183 e. The standard InChI is InChI=1S/C14H21N3OS/c1-11-5-4-6-12-13(11)16-14(19-12)15-7-9-18-10-8-17(2)3/h4-6H,7-10H2,1-3H3,(H,15,16). The summed E-state index contributed by atoms with van der Waals surface area (Å²) in [6.07, 6.45) is 0. The molecule has 0 radical (unpaired) electrons. The fourth-order valence-corrected chi connectivity index (χ4v) is 2.71. The van der Waals surface area contributed by atoms with Crippen molar-refractivity contribution in [2.45, 2.75) is 6.92 Å². The zero-order valence-corrected chi connectivity index (χ0v) is 12.6. The van der Waals surface area contributed by atoms with Crippen LogP contribution in [0.4, 0.5) is 5.13 Å². The van der Waals surface area contributed by atoms with Crippen LogP contribution in [0.25, 0.3) is 10.2 Å². The molecule has 0 fully saturated rings. The second-order valence-electron chi connectivity index (χ2n) is 4.78. The van der Waals surface area contributed by atoms with Gasteiger partial charge < -0.3 is 15.0 Å². The van der Waals surface area contributed by atoms with E-state index in [1.165, 1.54) is 10.3 Å². The van der Waals surface area contributed by atoms with E-state index in [1.807, 2.05) is 14.1 Å². The Kier molecular flexibility index (Phi) is 5.13. The van der Waals surface area contributed by atoms with Crippen molar-refractivity contribution in [1.82, 2.24) is 9.88 Å². The highest BCUT2D eigenvalue weighted by Gasteiger charge is 2.04. The summed E-state index contributed by atoms with van der Waals surface area (Å²) in [6.45, 7) is 5.33. The quantitative estimate of drug-likeness (QED) is 0.791. The highest BCUT2D eigenvalue weighted by Crippen LogP contribution is 2.27. The van der Waals surface area contributed by atoms with Gasteiger partial charge in [0.25, 0.3) is 0 Å². The van der Waals surface area contributed by atoms with Gasteiger partial charge in [-0.2, -0.15) is 0 Å². The fourth-order valence-electron chi connectivity index (χ4n) is 1.74. The summed E-state index contributed by atoms with van der Waals surface area (Å²) in [4.78, 5) is 6.72. The van der Waals surface area contributed by atoms with Gasteiger partial charge in [-0.15, -0.1) is 0 Å².